The fourth-order valence-electron chi connectivity index (χ4n) is 3.15. The number of rotatable bonds is 4. The van der Waals surface area contributed by atoms with Gasteiger partial charge in [-0.1, -0.05) is 12.1 Å². The third-order valence-corrected chi connectivity index (χ3v) is 4.68. The van der Waals surface area contributed by atoms with Crippen molar-refractivity contribution in [3.8, 4) is 22.6 Å². The van der Waals surface area contributed by atoms with Crippen LogP contribution in [0, 0.1) is 0 Å². The summed E-state index contributed by atoms with van der Waals surface area (Å²) in [7, 11) is 0. The van der Waals surface area contributed by atoms with Crippen LogP contribution in [0.25, 0.3) is 28.4 Å². The number of aromatic nitrogens is 5. The Labute approximate surface area is 163 Å². The van der Waals surface area contributed by atoms with Gasteiger partial charge < -0.3 is 5.32 Å². The third kappa shape index (κ3) is 3.39. The molecule has 29 heavy (non-hydrogen) atoms. The Kier molecular flexibility index (Phi) is 3.97. The van der Waals surface area contributed by atoms with Crippen LogP contribution in [-0.4, -0.2) is 30.4 Å². The van der Waals surface area contributed by atoms with Gasteiger partial charge in [0.15, 0.2) is 0 Å². The highest BCUT2D eigenvalue weighted by Gasteiger charge is 2.31. The van der Waals surface area contributed by atoms with Gasteiger partial charge in [0.05, 0.1) is 11.3 Å². The molecule has 0 spiro atoms. The molecule has 0 atom stereocenters. The molecule has 0 bridgehead atoms. The standard InChI is InChI=1S/C20H15F3N6/c21-20(22,23)13-4-1-3-12(11-13)16-17(29-10-2-8-25-19(29)28-16)15-7-9-24-18(27-15)26-14-5-6-14/h1-4,7-11,14H,5-6H2,(H,24,26,27). The van der Waals surface area contributed by atoms with Crippen LogP contribution in [-0.2, 0) is 6.18 Å². The van der Waals surface area contributed by atoms with Crippen LogP contribution in [0.1, 0.15) is 18.4 Å². The zero-order valence-corrected chi connectivity index (χ0v) is 15.1. The Morgan fingerprint density at radius 1 is 1.00 bits per heavy atom. The predicted molar refractivity (Wildman–Crippen MR) is 101 cm³/mol. The molecule has 1 saturated carbocycles. The lowest BCUT2D eigenvalue weighted by molar-refractivity contribution is -0.137. The van der Waals surface area contributed by atoms with Gasteiger partial charge in [-0.25, -0.2) is 19.9 Å². The number of hydrogen-bond acceptors (Lipinski definition) is 5. The lowest BCUT2D eigenvalue weighted by Gasteiger charge is -2.10. The minimum atomic E-state index is -4.44. The number of benzene rings is 1. The van der Waals surface area contributed by atoms with Gasteiger partial charge in [-0.2, -0.15) is 13.2 Å². The minimum absolute atomic E-state index is 0.343. The first kappa shape index (κ1) is 17.6. The highest BCUT2D eigenvalue weighted by atomic mass is 19.4. The van der Waals surface area contributed by atoms with Crippen LogP contribution in [0.5, 0.6) is 0 Å². The normalized spacial score (nSPS) is 14.3. The molecule has 1 N–H and O–H groups in total. The minimum Gasteiger partial charge on any atom is -0.351 e. The first-order valence-electron chi connectivity index (χ1n) is 9.10. The Morgan fingerprint density at radius 3 is 2.66 bits per heavy atom. The average molecular weight is 396 g/mol. The summed E-state index contributed by atoms with van der Waals surface area (Å²) in [4.78, 5) is 17.5. The van der Waals surface area contributed by atoms with E-state index in [1.807, 2.05) is 0 Å². The van der Waals surface area contributed by atoms with Gasteiger partial charge in [0.2, 0.25) is 11.7 Å². The molecule has 6 nitrogen and oxygen atoms in total. The van der Waals surface area contributed by atoms with Crippen molar-refractivity contribution < 1.29 is 13.2 Å². The fourth-order valence-corrected chi connectivity index (χ4v) is 3.15. The molecule has 1 aromatic carbocycles. The van der Waals surface area contributed by atoms with Crippen LogP contribution in [0.15, 0.2) is 55.0 Å². The Balaban J connectivity index is 1.69. The summed E-state index contributed by atoms with van der Waals surface area (Å²) >= 11 is 0. The van der Waals surface area contributed by atoms with E-state index in [4.69, 9.17) is 0 Å². The molecule has 1 fully saturated rings. The zero-order valence-electron chi connectivity index (χ0n) is 15.1. The highest BCUT2D eigenvalue weighted by molar-refractivity contribution is 5.80. The van der Waals surface area contributed by atoms with E-state index < -0.39 is 11.7 Å². The van der Waals surface area contributed by atoms with Gasteiger partial charge in [0, 0.05) is 30.2 Å². The molecule has 1 aliphatic carbocycles. The Morgan fingerprint density at radius 2 is 1.86 bits per heavy atom. The number of nitrogens with one attached hydrogen (secondary N) is 1. The second-order valence-corrected chi connectivity index (χ2v) is 6.86. The summed E-state index contributed by atoms with van der Waals surface area (Å²) in [5.41, 5.74) is 1.11. The SMILES string of the molecule is FC(F)(F)c1cccc(-c2nc3ncccn3c2-c2ccnc(NC3CC3)n2)c1. The maximum Gasteiger partial charge on any atom is 0.416 e. The van der Waals surface area contributed by atoms with Gasteiger partial charge in [0.25, 0.3) is 0 Å². The number of anilines is 1. The van der Waals surface area contributed by atoms with Crippen molar-refractivity contribution in [2.24, 2.45) is 0 Å². The van der Waals surface area contributed by atoms with E-state index >= 15 is 0 Å². The predicted octanol–water partition coefficient (Wildman–Crippen LogP) is 4.45. The second kappa shape index (κ2) is 6.54. The molecular weight excluding hydrogens is 381 g/mol. The van der Waals surface area contributed by atoms with Crippen molar-refractivity contribution in [3.05, 3.63) is 60.6 Å². The molecule has 1 aliphatic rings. The zero-order chi connectivity index (χ0) is 20.0. The number of alkyl halides is 3. The highest BCUT2D eigenvalue weighted by Crippen LogP contribution is 2.36. The fraction of sp³-hybridized carbons (Fsp3) is 0.200. The Bertz CT molecular complexity index is 1200. The molecular formula is C20H15F3N6. The van der Waals surface area contributed by atoms with Crippen LogP contribution in [0.2, 0.25) is 0 Å². The van der Waals surface area contributed by atoms with Gasteiger partial charge in [0.1, 0.15) is 11.4 Å². The van der Waals surface area contributed by atoms with Crippen molar-refractivity contribution >= 4 is 11.7 Å². The van der Waals surface area contributed by atoms with Crippen LogP contribution in [0.3, 0.4) is 0 Å². The first-order valence-corrected chi connectivity index (χ1v) is 9.10. The molecule has 0 saturated heterocycles. The van der Waals surface area contributed by atoms with Crippen molar-refractivity contribution in [1.29, 1.82) is 0 Å². The average Bonchev–Trinajstić information content (AvgIpc) is 3.44. The largest absolute Gasteiger partial charge is 0.416 e. The van der Waals surface area contributed by atoms with Gasteiger partial charge >= 0.3 is 6.18 Å². The van der Waals surface area contributed by atoms with E-state index in [1.54, 1.807) is 41.2 Å². The molecule has 3 heterocycles. The maximum atomic E-state index is 13.2. The number of imidazole rings is 1. The molecule has 0 radical (unpaired) electrons. The van der Waals surface area contributed by atoms with E-state index in [2.05, 4.69) is 25.3 Å². The number of hydrogen-bond donors (Lipinski definition) is 1. The molecule has 4 aromatic rings. The van der Waals surface area contributed by atoms with Crippen molar-refractivity contribution in [2.75, 3.05) is 5.32 Å². The summed E-state index contributed by atoms with van der Waals surface area (Å²) in [6.07, 6.45) is 2.67. The summed E-state index contributed by atoms with van der Waals surface area (Å²) in [6, 6.07) is 8.93. The molecule has 9 heteroatoms. The van der Waals surface area contributed by atoms with Crippen LogP contribution in [0.4, 0.5) is 19.1 Å². The van der Waals surface area contributed by atoms with Crippen molar-refractivity contribution in [2.45, 2.75) is 25.1 Å². The molecule has 5 rings (SSSR count). The Hall–Kier alpha value is -3.49. The topological polar surface area (TPSA) is 68.0 Å². The number of nitrogens with zero attached hydrogens (tertiary/aromatic N) is 5. The molecule has 0 unspecified atom stereocenters. The smallest absolute Gasteiger partial charge is 0.351 e. The second-order valence-electron chi connectivity index (χ2n) is 6.86. The van der Waals surface area contributed by atoms with E-state index in [9.17, 15) is 13.2 Å². The third-order valence-electron chi connectivity index (χ3n) is 4.68. The molecule has 0 amide bonds. The van der Waals surface area contributed by atoms with E-state index in [0.29, 0.717) is 40.4 Å². The van der Waals surface area contributed by atoms with Gasteiger partial charge in [-0.3, -0.25) is 4.40 Å². The number of fused-ring (bicyclic) bond motifs is 1. The van der Waals surface area contributed by atoms with Crippen LogP contribution < -0.4 is 5.32 Å². The first-order chi connectivity index (χ1) is 14.0. The molecule has 146 valence electrons. The summed E-state index contributed by atoms with van der Waals surface area (Å²) in [5.74, 6) is 0.865. The van der Waals surface area contributed by atoms with Crippen LogP contribution >= 0.6 is 0 Å². The quantitative estimate of drug-likeness (QED) is 0.552. The monoisotopic (exact) mass is 396 g/mol. The summed E-state index contributed by atoms with van der Waals surface area (Å²) in [5, 5.41) is 3.24. The van der Waals surface area contributed by atoms with E-state index in [-0.39, 0.29) is 0 Å². The van der Waals surface area contributed by atoms with Crippen molar-refractivity contribution in [1.82, 2.24) is 24.3 Å². The maximum absolute atomic E-state index is 13.2. The van der Waals surface area contributed by atoms with Gasteiger partial charge in [-0.15, -0.1) is 0 Å². The summed E-state index contributed by atoms with van der Waals surface area (Å²) < 4.78 is 41.4. The van der Waals surface area contributed by atoms with Gasteiger partial charge in [-0.05, 0) is 37.1 Å². The molecule has 0 aliphatic heterocycles. The lowest BCUT2D eigenvalue weighted by Crippen LogP contribution is -2.06. The molecule has 3 aromatic heterocycles. The van der Waals surface area contributed by atoms with E-state index in [1.165, 1.54) is 6.07 Å². The van der Waals surface area contributed by atoms with Crippen molar-refractivity contribution in [3.63, 3.8) is 0 Å². The number of halogens is 3. The lowest BCUT2D eigenvalue weighted by atomic mass is 10.1. The van der Waals surface area contributed by atoms with E-state index in [0.717, 1.165) is 25.0 Å². The summed E-state index contributed by atoms with van der Waals surface area (Å²) in [6.45, 7) is 0.